The van der Waals surface area contributed by atoms with Gasteiger partial charge in [-0.25, -0.2) is 8.42 Å². The first-order valence-electron chi connectivity index (χ1n) is 7.15. The predicted octanol–water partition coefficient (Wildman–Crippen LogP) is 1.26. The smallest absolute Gasteiger partial charge is 0.214 e. The molecule has 0 saturated carbocycles. The molecule has 0 radical (unpaired) electrons. The maximum absolute atomic E-state index is 12.5. The van der Waals surface area contributed by atoms with Crippen LogP contribution in [0.4, 0.5) is 0 Å². The molecule has 0 aromatic heterocycles. The first-order valence-corrected chi connectivity index (χ1v) is 8.76. The molecule has 0 N–H and O–H groups in total. The zero-order valence-corrected chi connectivity index (χ0v) is 13.1. The molecule has 1 aromatic carbocycles. The highest BCUT2D eigenvalue weighted by Gasteiger charge is 2.28. The Morgan fingerprint density at radius 1 is 1.19 bits per heavy atom. The Morgan fingerprint density at radius 2 is 1.81 bits per heavy atom. The summed E-state index contributed by atoms with van der Waals surface area (Å²) in [6, 6.07) is 11.8. The van der Waals surface area contributed by atoms with Crippen LogP contribution < -0.4 is 0 Å². The molecule has 6 heteroatoms. The van der Waals surface area contributed by atoms with E-state index in [9.17, 15) is 8.42 Å². The molecule has 1 aliphatic heterocycles. The number of hydrogen-bond donors (Lipinski definition) is 0. The molecule has 1 aliphatic rings. The van der Waals surface area contributed by atoms with Crippen molar-refractivity contribution in [1.82, 2.24) is 9.21 Å². The molecule has 1 aromatic rings. The summed E-state index contributed by atoms with van der Waals surface area (Å²) < 4.78 is 26.5. The van der Waals surface area contributed by atoms with Crippen LogP contribution in [0.3, 0.4) is 0 Å². The van der Waals surface area contributed by atoms with Crippen molar-refractivity contribution < 1.29 is 8.42 Å². The van der Waals surface area contributed by atoms with Crippen LogP contribution in [-0.2, 0) is 10.0 Å². The minimum atomic E-state index is -3.25. The Labute approximate surface area is 126 Å². The average Bonchev–Trinajstić information content (AvgIpc) is 2.48. The summed E-state index contributed by atoms with van der Waals surface area (Å²) in [6.07, 6.45) is 0. The quantitative estimate of drug-likeness (QED) is 0.768. The Morgan fingerprint density at radius 3 is 2.38 bits per heavy atom. The molecular formula is C15H21N3O2S. The molecule has 2 rings (SSSR count). The highest BCUT2D eigenvalue weighted by Crippen LogP contribution is 2.19. The van der Waals surface area contributed by atoms with Gasteiger partial charge in [0.25, 0.3) is 0 Å². The Kier molecular flexibility index (Phi) is 5.34. The second-order valence-corrected chi connectivity index (χ2v) is 7.44. The van der Waals surface area contributed by atoms with Crippen molar-refractivity contribution >= 4 is 10.0 Å². The zero-order valence-electron chi connectivity index (χ0n) is 12.3. The van der Waals surface area contributed by atoms with E-state index in [0.717, 1.165) is 5.56 Å². The number of benzene rings is 1. The lowest BCUT2D eigenvalue weighted by molar-refractivity contribution is 0.206. The summed E-state index contributed by atoms with van der Waals surface area (Å²) in [5.41, 5.74) is 1.05. The van der Waals surface area contributed by atoms with Gasteiger partial charge in [0.1, 0.15) is 0 Å². The fourth-order valence-corrected chi connectivity index (χ4v) is 4.32. The fourth-order valence-electron chi connectivity index (χ4n) is 2.56. The summed E-state index contributed by atoms with van der Waals surface area (Å²) >= 11 is 0. The van der Waals surface area contributed by atoms with Gasteiger partial charge in [-0.3, -0.25) is 4.90 Å². The molecule has 1 saturated heterocycles. The summed E-state index contributed by atoms with van der Waals surface area (Å²) in [5.74, 6) is 0.114. The molecule has 0 amide bonds. The molecule has 0 aliphatic carbocycles. The Balaban J connectivity index is 1.95. The van der Waals surface area contributed by atoms with Crippen molar-refractivity contribution in [2.24, 2.45) is 0 Å². The summed E-state index contributed by atoms with van der Waals surface area (Å²) in [5, 5.41) is 8.67. The average molecular weight is 307 g/mol. The van der Waals surface area contributed by atoms with Crippen molar-refractivity contribution in [3.63, 3.8) is 0 Å². The van der Waals surface area contributed by atoms with E-state index in [2.05, 4.69) is 6.07 Å². The number of nitrogens with zero attached hydrogens (tertiary/aromatic N) is 3. The van der Waals surface area contributed by atoms with Gasteiger partial charge in [0, 0.05) is 26.2 Å². The molecule has 0 bridgehead atoms. The van der Waals surface area contributed by atoms with Gasteiger partial charge in [0.2, 0.25) is 10.0 Å². The summed E-state index contributed by atoms with van der Waals surface area (Å²) in [6.45, 7) is 4.53. The summed E-state index contributed by atoms with van der Waals surface area (Å²) in [7, 11) is -3.25. The zero-order chi connectivity index (χ0) is 15.3. The number of hydrogen-bond acceptors (Lipinski definition) is 4. The molecule has 1 fully saturated rings. The van der Waals surface area contributed by atoms with Gasteiger partial charge < -0.3 is 0 Å². The minimum Gasteiger partial charge on any atom is -0.288 e. The third kappa shape index (κ3) is 4.27. The highest BCUT2D eigenvalue weighted by molar-refractivity contribution is 7.89. The van der Waals surface area contributed by atoms with Crippen LogP contribution in [0.15, 0.2) is 30.3 Å². The third-order valence-electron chi connectivity index (χ3n) is 3.85. The van der Waals surface area contributed by atoms with E-state index in [4.69, 9.17) is 5.26 Å². The number of nitriles is 1. The Hall–Kier alpha value is -1.42. The standard InChI is InChI=1S/C15H21N3O2S/c1-14(15-5-3-2-4-6-15)13-21(19,20)18-11-9-17(8-7-16)10-12-18/h2-6,14H,8-13H2,1H3. The lowest BCUT2D eigenvalue weighted by Crippen LogP contribution is -2.49. The molecular weight excluding hydrogens is 286 g/mol. The van der Waals surface area contributed by atoms with Crippen LogP contribution in [0.25, 0.3) is 0 Å². The van der Waals surface area contributed by atoms with Gasteiger partial charge in [-0.2, -0.15) is 9.57 Å². The maximum Gasteiger partial charge on any atom is 0.214 e. The van der Waals surface area contributed by atoms with E-state index in [1.807, 2.05) is 42.2 Å². The molecule has 1 heterocycles. The molecule has 21 heavy (non-hydrogen) atoms. The van der Waals surface area contributed by atoms with E-state index in [1.165, 1.54) is 0 Å². The fraction of sp³-hybridized carbons (Fsp3) is 0.533. The van der Waals surface area contributed by atoms with E-state index < -0.39 is 10.0 Å². The van der Waals surface area contributed by atoms with E-state index in [-0.39, 0.29) is 11.7 Å². The molecule has 1 unspecified atom stereocenters. The van der Waals surface area contributed by atoms with Crippen molar-refractivity contribution in [2.45, 2.75) is 12.8 Å². The van der Waals surface area contributed by atoms with Crippen LogP contribution in [-0.4, -0.2) is 56.1 Å². The van der Waals surface area contributed by atoms with Crippen LogP contribution >= 0.6 is 0 Å². The van der Waals surface area contributed by atoms with Gasteiger partial charge in [-0.1, -0.05) is 37.3 Å². The van der Waals surface area contributed by atoms with Crippen molar-refractivity contribution in [2.75, 3.05) is 38.5 Å². The second kappa shape index (κ2) is 7.03. The van der Waals surface area contributed by atoms with Crippen molar-refractivity contribution in [3.8, 4) is 6.07 Å². The monoisotopic (exact) mass is 307 g/mol. The van der Waals surface area contributed by atoms with Gasteiger partial charge in [0.15, 0.2) is 0 Å². The van der Waals surface area contributed by atoms with Crippen LogP contribution in [0, 0.1) is 11.3 Å². The van der Waals surface area contributed by atoms with E-state index in [1.54, 1.807) is 4.31 Å². The van der Waals surface area contributed by atoms with Gasteiger partial charge >= 0.3 is 0 Å². The number of sulfonamides is 1. The SMILES string of the molecule is CC(CS(=O)(=O)N1CCN(CC#N)CC1)c1ccccc1. The number of piperazine rings is 1. The first-order chi connectivity index (χ1) is 10.0. The van der Waals surface area contributed by atoms with Crippen LogP contribution in [0.5, 0.6) is 0 Å². The van der Waals surface area contributed by atoms with Crippen LogP contribution in [0.2, 0.25) is 0 Å². The lowest BCUT2D eigenvalue weighted by Gasteiger charge is -2.33. The predicted molar refractivity (Wildman–Crippen MR) is 82.3 cm³/mol. The third-order valence-corrected chi connectivity index (χ3v) is 5.92. The van der Waals surface area contributed by atoms with Crippen molar-refractivity contribution in [1.29, 1.82) is 5.26 Å². The van der Waals surface area contributed by atoms with E-state index >= 15 is 0 Å². The van der Waals surface area contributed by atoms with Gasteiger partial charge in [-0.15, -0.1) is 0 Å². The highest BCUT2D eigenvalue weighted by atomic mass is 32.2. The van der Waals surface area contributed by atoms with Crippen molar-refractivity contribution in [3.05, 3.63) is 35.9 Å². The lowest BCUT2D eigenvalue weighted by atomic mass is 10.0. The summed E-state index contributed by atoms with van der Waals surface area (Å²) in [4.78, 5) is 1.98. The van der Waals surface area contributed by atoms with Gasteiger partial charge in [-0.05, 0) is 11.5 Å². The maximum atomic E-state index is 12.5. The first kappa shape index (κ1) is 16.0. The van der Waals surface area contributed by atoms with Gasteiger partial charge in [0.05, 0.1) is 18.4 Å². The Bertz CT molecular complexity index is 587. The molecule has 1 atom stereocenters. The topological polar surface area (TPSA) is 64.4 Å². The normalized spacial score (nSPS) is 19.0. The molecule has 5 nitrogen and oxygen atoms in total. The second-order valence-electron chi connectivity index (χ2n) is 5.42. The minimum absolute atomic E-state index is 0.0201. The van der Waals surface area contributed by atoms with Crippen LogP contribution in [0.1, 0.15) is 18.4 Å². The largest absolute Gasteiger partial charge is 0.288 e. The molecule has 0 spiro atoms. The number of rotatable bonds is 5. The molecule has 114 valence electrons. The van der Waals surface area contributed by atoms with E-state index in [0.29, 0.717) is 32.7 Å².